The van der Waals surface area contributed by atoms with Gasteiger partial charge in [-0.25, -0.2) is 5.84 Å². The highest BCUT2D eigenvalue weighted by Crippen LogP contribution is 2.22. The van der Waals surface area contributed by atoms with Gasteiger partial charge in [0, 0.05) is 30.6 Å². The monoisotopic (exact) mass is 260 g/mol. The Morgan fingerprint density at radius 1 is 1.37 bits per heavy atom. The number of rotatable bonds is 4. The lowest BCUT2D eigenvalue weighted by Crippen LogP contribution is -2.38. The van der Waals surface area contributed by atoms with Crippen molar-refractivity contribution in [2.75, 3.05) is 18.5 Å². The van der Waals surface area contributed by atoms with Crippen molar-refractivity contribution < 1.29 is 9.59 Å². The van der Waals surface area contributed by atoms with Crippen LogP contribution in [0.25, 0.3) is 10.9 Å². The van der Waals surface area contributed by atoms with Gasteiger partial charge in [-0.2, -0.15) is 0 Å². The van der Waals surface area contributed by atoms with Gasteiger partial charge in [-0.1, -0.05) is 0 Å². The molecule has 0 bridgehead atoms. The number of hydrogen-bond donors (Lipinski definition) is 3. The number of aromatic amines is 1. The first kappa shape index (κ1) is 13.1. The van der Waals surface area contributed by atoms with Gasteiger partial charge in [0.05, 0.1) is 12.2 Å². The van der Waals surface area contributed by atoms with Crippen molar-refractivity contribution in [3.63, 3.8) is 0 Å². The molecular formula is C13H16N4O2. The van der Waals surface area contributed by atoms with Crippen LogP contribution in [0.3, 0.4) is 0 Å². The summed E-state index contributed by atoms with van der Waals surface area (Å²) in [6.45, 7) is 1.69. The zero-order chi connectivity index (χ0) is 14.0. The van der Waals surface area contributed by atoms with E-state index in [1.54, 1.807) is 18.0 Å². The summed E-state index contributed by atoms with van der Waals surface area (Å²) < 4.78 is 0. The van der Waals surface area contributed by atoms with E-state index in [1.807, 2.05) is 18.2 Å². The zero-order valence-corrected chi connectivity index (χ0v) is 10.9. The Morgan fingerprint density at radius 2 is 2.11 bits per heavy atom. The molecule has 6 nitrogen and oxygen atoms in total. The summed E-state index contributed by atoms with van der Waals surface area (Å²) in [5, 5.41) is 0.933. The van der Waals surface area contributed by atoms with E-state index in [4.69, 9.17) is 5.84 Å². The summed E-state index contributed by atoms with van der Waals surface area (Å²) in [6.07, 6.45) is 0. The normalized spacial score (nSPS) is 10.5. The Bertz CT molecular complexity index is 633. The average molecular weight is 260 g/mol. The predicted molar refractivity (Wildman–Crippen MR) is 73.9 cm³/mol. The van der Waals surface area contributed by atoms with Crippen molar-refractivity contribution in [1.82, 2.24) is 10.4 Å². The lowest BCUT2D eigenvalue weighted by molar-refractivity contribution is -0.119. The maximum atomic E-state index is 11.3. The van der Waals surface area contributed by atoms with Gasteiger partial charge in [0.25, 0.3) is 5.91 Å². The van der Waals surface area contributed by atoms with E-state index >= 15 is 0 Å². The smallest absolute Gasteiger partial charge is 0.253 e. The van der Waals surface area contributed by atoms with E-state index < -0.39 is 0 Å². The lowest BCUT2D eigenvalue weighted by atomic mass is 10.2. The Morgan fingerprint density at radius 3 is 2.74 bits per heavy atom. The molecule has 0 saturated carbocycles. The van der Waals surface area contributed by atoms with E-state index in [0.717, 1.165) is 16.6 Å². The Balaban J connectivity index is 2.30. The van der Waals surface area contributed by atoms with Crippen LogP contribution >= 0.6 is 0 Å². The van der Waals surface area contributed by atoms with Gasteiger partial charge < -0.3 is 9.88 Å². The summed E-state index contributed by atoms with van der Waals surface area (Å²) >= 11 is 0. The van der Waals surface area contributed by atoms with Gasteiger partial charge in [-0.05, 0) is 24.3 Å². The third-order valence-corrected chi connectivity index (χ3v) is 2.97. The predicted octanol–water partition coefficient (Wildman–Crippen LogP) is 0.797. The molecule has 0 radical (unpaired) electrons. The summed E-state index contributed by atoms with van der Waals surface area (Å²) in [4.78, 5) is 27.4. The standard InChI is InChI=1S/C13H16N4O2/c1-8(18)12-6-9-5-10(3-4-11(9)15-12)17(2)7-13(19)16-14/h3-6,15H,7,14H2,1-2H3,(H,16,19). The number of Topliss-reactive ketones (excluding diaryl/α,β-unsaturated/α-hetero) is 1. The van der Waals surface area contributed by atoms with Gasteiger partial charge in [0.1, 0.15) is 0 Å². The second kappa shape index (κ2) is 5.11. The molecule has 2 aromatic rings. The number of nitrogens with two attached hydrogens (primary N) is 1. The van der Waals surface area contributed by atoms with E-state index in [1.165, 1.54) is 6.92 Å². The van der Waals surface area contributed by atoms with E-state index in [2.05, 4.69) is 10.4 Å². The first-order valence-corrected chi connectivity index (χ1v) is 5.85. The van der Waals surface area contributed by atoms with Crippen LogP contribution in [-0.2, 0) is 4.79 Å². The minimum Gasteiger partial charge on any atom is -0.365 e. The van der Waals surface area contributed by atoms with E-state index in [0.29, 0.717) is 5.69 Å². The number of hydrogen-bond acceptors (Lipinski definition) is 4. The molecule has 19 heavy (non-hydrogen) atoms. The molecule has 100 valence electrons. The molecule has 2 rings (SSSR count). The first-order valence-electron chi connectivity index (χ1n) is 5.85. The van der Waals surface area contributed by atoms with E-state index in [-0.39, 0.29) is 18.2 Å². The van der Waals surface area contributed by atoms with Crippen LogP contribution in [0.1, 0.15) is 17.4 Å². The molecule has 0 aliphatic carbocycles. The van der Waals surface area contributed by atoms with E-state index in [9.17, 15) is 9.59 Å². The molecule has 1 aromatic carbocycles. The second-order valence-electron chi connectivity index (χ2n) is 4.43. The number of amides is 1. The summed E-state index contributed by atoms with van der Waals surface area (Å²) in [6, 6.07) is 7.49. The topological polar surface area (TPSA) is 91.2 Å². The molecule has 0 saturated heterocycles. The fraction of sp³-hybridized carbons (Fsp3) is 0.231. The molecule has 1 aromatic heterocycles. The molecule has 0 aliphatic heterocycles. The number of hydrazine groups is 1. The number of aromatic nitrogens is 1. The van der Waals surface area contributed by atoms with Crippen LogP contribution in [-0.4, -0.2) is 30.3 Å². The maximum absolute atomic E-state index is 11.3. The lowest BCUT2D eigenvalue weighted by Gasteiger charge is -2.18. The number of fused-ring (bicyclic) bond motifs is 1. The molecular weight excluding hydrogens is 244 g/mol. The SMILES string of the molecule is CC(=O)c1cc2cc(N(C)CC(=O)NN)ccc2[nH]1. The minimum atomic E-state index is -0.263. The number of nitrogens with one attached hydrogen (secondary N) is 2. The van der Waals surface area contributed by atoms with Crippen molar-refractivity contribution in [1.29, 1.82) is 0 Å². The molecule has 0 unspecified atom stereocenters. The van der Waals surface area contributed by atoms with Gasteiger partial charge in [-0.15, -0.1) is 0 Å². The van der Waals surface area contributed by atoms with Crippen LogP contribution in [0.5, 0.6) is 0 Å². The van der Waals surface area contributed by atoms with Crippen molar-refractivity contribution in [2.45, 2.75) is 6.92 Å². The zero-order valence-electron chi connectivity index (χ0n) is 10.9. The fourth-order valence-electron chi connectivity index (χ4n) is 1.90. The van der Waals surface area contributed by atoms with Crippen molar-refractivity contribution in [3.8, 4) is 0 Å². The van der Waals surface area contributed by atoms with Gasteiger partial charge in [0.2, 0.25) is 0 Å². The van der Waals surface area contributed by atoms with Crippen LogP contribution in [0.2, 0.25) is 0 Å². The third-order valence-electron chi connectivity index (χ3n) is 2.97. The maximum Gasteiger partial charge on any atom is 0.253 e. The van der Waals surface area contributed by atoms with Crippen molar-refractivity contribution in [2.24, 2.45) is 5.84 Å². The van der Waals surface area contributed by atoms with Crippen molar-refractivity contribution >= 4 is 28.3 Å². The molecule has 1 heterocycles. The highest BCUT2D eigenvalue weighted by atomic mass is 16.2. The minimum absolute atomic E-state index is 0.00591. The number of likely N-dealkylation sites (N-methyl/N-ethyl adjacent to an activating group) is 1. The fourth-order valence-corrected chi connectivity index (χ4v) is 1.90. The van der Waals surface area contributed by atoms with Gasteiger partial charge >= 0.3 is 0 Å². The summed E-state index contributed by atoms with van der Waals surface area (Å²) in [5.41, 5.74) is 4.44. The number of nitrogens with zero attached hydrogens (tertiary/aromatic N) is 1. The first-order chi connectivity index (χ1) is 9.01. The third kappa shape index (κ3) is 2.74. The van der Waals surface area contributed by atoms with Crippen LogP contribution in [0, 0.1) is 0 Å². The molecule has 0 spiro atoms. The molecule has 0 fully saturated rings. The molecule has 0 aliphatic rings. The van der Waals surface area contributed by atoms with Crippen LogP contribution in [0.4, 0.5) is 5.69 Å². The highest BCUT2D eigenvalue weighted by Gasteiger charge is 2.09. The molecule has 6 heteroatoms. The Labute approximate surface area is 110 Å². The number of H-pyrrole nitrogens is 1. The Kier molecular flexibility index (Phi) is 3.52. The number of anilines is 1. The average Bonchev–Trinajstić information content (AvgIpc) is 2.81. The number of carbonyl (C=O) groups excluding carboxylic acids is 2. The van der Waals surface area contributed by atoms with Gasteiger partial charge in [-0.3, -0.25) is 15.0 Å². The van der Waals surface area contributed by atoms with Crippen LogP contribution in [0.15, 0.2) is 24.3 Å². The quantitative estimate of drug-likeness (QED) is 0.328. The van der Waals surface area contributed by atoms with Crippen molar-refractivity contribution in [3.05, 3.63) is 30.0 Å². The number of benzene rings is 1. The molecule has 0 atom stereocenters. The largest absolute Gasteiger partial charge is 0.365 e. The summed E-state index contributed by atoms with van der Waals surface area (Å²) in [7, 11) is 1.80. The van der Waals surface area contributed by atoms with Crippen LogP contribution < -0.4 is 16.2 Å². The number of carbonyl (C=O) groups is 2. The second-order valence-corrected chi connectivity index (χ2v) is 4.43. The Hall–Kier alpha value is -2.34. The molecule has 4 N–H and O–H groups in total. The number of ketones is 1. The summed E-state index contributed by atoms with van der Waals surface area (Å²) in [5.74, 6) is 4.79. The highest BCUT2D eigenvalue weighted by molar-refractivity contribution is 5.98. The molecule has 1 amide bonds. The van der Waals surface area contributed by atoms with Gasteiger partial charge in [0.15, 0.2) is 5.78 Å².